The number of unbranched alkanes of at least 4 members (excludes halogenated alkanes) is 10. The third kappa shape index (κ3) is 18.1. The summed E-state index contributed by atoms with van der Waals surface area (Å²) in [6.07, 6.45) is 17.1. The highest BCUT2D eigenvalue weighted by atomic mass is 28.1. The molecule has 3 heteroatoms. The molecule has 0 aliphatic rings. The van der Waals surface area contributed by atoms with Crippen LogP contribution in [0.25, 0.3) is 0 Å². The van der Waals surface area contributed by atoms with Gasteiger partial charge in [0.1, 0.15) is 0 Å². The lowest BCUT2D eigenvalue weighted by Crippen LogP contribution is -2.35. The van der Waals surface area contributed by atoms with Gasteiger partial charge in [0, 0.05) is 10.2 Å². The molecule has 20 heavy (non-hydrogen) atoms. The number of nitrogens with one attached hydrogen (secondary N) is 1. The average Bonchev–Trinajstić information content (AvgIpc) is 2.38. The fourth-order valence-corrected chi connectivity index (χ4v) is 2.96. The fourth-order valence-electron chi connectivity index (χ4n) is 2.60. The topological polar surface area (TPSA) is 12.0 Å². The SMILES string of the molecule is C[N+](C)(C)CCCCCCCCCCCCCNC[SiH3]. The van der Waals surface area contributed by atoms with Crippen LogP contribution in [0.3, 0.4) is 0 Å². The van der Waals surface area contributed by atoms with E-state index < -0.39 is 0 Å². The molecule has 0 unspecified atom stereocenters. The van der Waals surface area contributed by atoms with Crippen molar-refractivity contribution in [2.45, 2.75) is 70.6 Å². The van der Waals surface area contributed by atoms with Crippen molar-refractivity contribution in [3.63, 3.8) is 0 Å². The van der Waals surface area contributed by atoms with Crippen LogP contribution in [0.5, 0.6) is 0 Å². The maximum Gasteiger partial charge on any atom is 0.0780 e. The largest absolute Gasteiger partial charge is 0.331 e. The highest BCUT2D eigenvalue weighted by Crippen LogP contribution is 2.11. The quantitative estimate of drug-likeness (QED) is 0.279. The molecule has 0 saturated heterocycles. The van der Waals surface area contributed by atoms with Crippen LogP contribution in [0, 0.1) is 0 Å². The minimum absolute atomic E-state index is 1.12. The molecule has 0 amide bonds. The monoisotopic (exact) mass is 301 g/mol. The lowest BCUT2D eigenvalue weighted by atomic mass is 10.1. The summed E-state index contributed by atoms with van der Waals surface area (Å²) in [6, 6.07) is 0. The molecule has 2 nitrogen and oxygen atoms in total. The first-order chi connectivity index (χ1) is 9.56. The number of nitrogens with zero attached hydrogens (tertiary/aromatic N) is 1. The third-order valence-corrected chi connectivity index (χ3v) is 4.43. The Kier molecular flexibility index (Phi) is 14.2. The minimum Gasteiger partial charge on any atom is -0.331 e. The van der Waals surface area contributed by atoms with E-state index in [1.807, 2.05) is 0 Å². The van der Waals surface area contributed by atoms with E-state index in [-0.39, 0.29) is 0 Å². The van der Waals surface area contributed by atoms with Crippen LogP contribution < -0.4 is 5.32 Å². The van der Waals surface area contributed by atoms with Gasteiger partial charge in [0.05, 0.1) is 27.7 Å². The van der Waals surface area contributed by atoms with Gasteiger partial charge in [0.2, 0.25) is 0 Å². The standard InChI is InChI=1S/C17H41N2Si/c1-19(2,3)16-14-12-10-8-6-4-5-7-9-11-13-15-18-17-20/h18H,4-17H2,1-3,20H3/q+1. The van der Waals surface area contributed by atoms with E-state index >= 15 is 0 Å². The maximum atomic E-state index is 3.45. The van der Waals surface area contributed by atoms with Crippen LogP contribution in [0.1, 0.15) is 70.6 Å². The molecule has 0 rings (SSSR count). The first-order valence-electron chi connectivity index (χ1n) is 9.07. The zero-order valence-corrected chi connectivity index (χ0v) is 16.8. The van der Waals surface area contributed by atoms with E-state index in [1.54, 1.807) is 0 Å². The number of rotatable bonds is 15. The lowest BCUT2D eigenvalue weighted by molar-refractivity contribution is -0.870. The fraction of sp³-hybridized carbons (Fsp3) is 1.00. The van der Waals surface area contributed by atoms with Crippen molar-refractivity contribution in [1.29, 1.82) is 0 Å². The van der Waals surface area contributed by atoms with Gasteiger partial charge in [-0.3, -0.25) is 0 Å². The summed E-state index contributed by atoms with van der Waals surface area (Å²) in [5, 5.41) is 3.45. The van der Waals surface area contributed by atoms with Crippen molar-refractivity contribution in [2.24, 2.45) is 0 Å². The second-order valence-corrected chi connectivity index (χ2v) is 7.96. The Morgan fingerprint density at radius 3 is 1.45 bits per heavy atom. The molecule has 0 aromatic heterocycles. The Morgan fingerprint density at radius 2 is 1.05 bits per heavy atom. The highest BCUT2D eigenvalue weighted by Gasteiger charge is 2.04. The van der Waals surface area contributed by atoms with E-state index in [0.29, 0.717) is 0 Å². The predicted octanol–water partition coefficient (Wildman–Crippen LogP) is 2.90. The van der Waals surface area contributed by atoms with E-state index in [1.165, 1.54) is 100 Å². The summed E-state index contributed by atoms with van der Waals surface area (Å²) < 4.78 is 1.12. The van der Waals surface area contributed by atoms with Crippen LogP contribution in [0.15, 0.2) is 0 Å². The highest BCUT2D eigenvalue weighted by molar-refractivity contribution is 6.08. The zero-order valence-electron chi connectivity index (χ0n) is 14.8. The first kappa shape index (κ1) is 20.1. The second kappa shape index (κ2) is 14.1. The molecular weight excluding hydrogens is 260 g/mol. The van der Waals surface area contributed by atoms with Crippen molar-refractivity contribution < 1.29 is 4.48 Å². The normalized spacial score (nSPS) is 12.2. The molecule has 0 fully saturated rings. The molecular formula is C17H41N2Si+. The van der Waals surface area contributed by atoms with E-state index in [4.69, 9.17) is 0 Å². The van der Waals surface area contributed by atoms with Crippen molar-refractivity contribution in [2.75, 3.05) is 40.4 Å². The van der Waals surface area contributed by atoms with Gasteiger partial charge in [0.15, 0.2) is 0 Å². The first-order valence-corrected chi connectivity index (χ1v) is 10.5. The van der Waals surface area contributed by atoms with Gasteiger partial charge in [-0.1, -0.05) is 51.4 Å². The van der Waals surface area contributed by atoms with E-state index in [2.05, 4.69) is 26.5 Å². The predicted molar refractivity (Wildman–Crippen MR) is 96.5 cm³/mol. The molecule has 0 aliphatic carbocycles. The molecule has 0 bridgehead atoms. The Hall–Kier alpha value is 0.137. The Labute approximate surface area is 131 Å². The van der Waals surface area contributed by atoms with Crippen molar-refractivity contribution in [3.05, 3.63) is 0 Å². The van der Waals surface area contributed by atoms with E-state index in [9.17, 15) is 0 Å². The lowest BCUT2D eigenvalue weighted by Gasteiger charge is -2.23. The van der Waals surface area contributed by atoms with Crippen molar-refractivity contribution in [3.8, 4) is 0 Å². The number of quaternary nitrogens is 1. The summed E-state index contributed by atoms with van der Waals surface area (Å²) in [7, 11) is 8.17. The number of hydrogen-bond acceptors (Lipinski definition) is 1. The molecule has 0 heterocycles. The van der Waals surface area contributed by atoms with Crippen molar-refractivity contribution >= 4 is 10.2 Å². The summed E-state index contributed by atoms with van der Waals surface area (Å²) in [6.45, 7) is 2.58. The molecule has 0 radical (unpaired) electrons. The summed E-state index contributed by atoms with van der Waals surface area (Å²) in [4.78, 5) is 0. The molecule has 0 saturated carbocycles. The van der Waals surface area contributed by atoms with Crippen LogP contribution >= 0.6 is 0 Å². The Morgan fingerprint density at radius 1 is 0.650 bits per heavy atom. The maximum absolute atomic E-state index is 3.45. The summed E-state index contributed by atoms with van der Waals surface area (Å²) in [5.41, 5.74) is 0. The van der Waals surface area contributed by atoms with E-state index in [0.717, 1.165) is 4.48 Å². The van der Waals surface area contributed by atoms with Gasteiger partial charge >= 0.3 is 0 Å². The molecule has 0 aliphatic heterocycles. The molecule has 122 valence electrons. The van der Waals surface area contributed by atoms with Crippen LogP contribution in [0.4, 0.5) is 0 Å². The van der Waals surface area contributed by atoms with Gasteiger partial charge in [-0.25, -0.2) is 0 Å². The molecule has 0 aromatic carbocycles. The van der Waals surface area contributed by atoms with Gasteiger partial charge in [-0.2, -0.15) is 0 Å². The van der Waals surface area contributed by atoms with Crippen molar-refractivity contribution in [1.82, 2.24) is 5.32 Å². The van der Waals surface area contributed by atoms with Crippen LogP contribution in [-0.2, 0) is 0 Å². The second-order valence-electron chi connectivity index (χ2n) is 7.26. The third-order valence-electron chi connectivity index (χ3n) is 3.93. The van der Waals surface area contributed by atoms with Crippen LogP contribution in [0.2, 0.25) is 0 Å². The molecule has 0 atom stereocenters. The molecule has 0 spiro atoms. The molecule has 0 aromatic rings. The minimum atomic E-state index is 1.12. The van der Waals surface area contributed by atoms with Gasteiger partial charge in [-0.05, 0) is 32.0 Å². The van der Waals surface area contributed by atoms with Gasteiger partial charge < -0.3 is 9.80 Å². The average molecular weight is 302 g/mol. The van der Waals surface area contributed by atoms with Gasteiger partial charge in [-0.15, -0.1) is 0 Å². The van der Waals surface area contributed by atoms with Crippen LogP contribution in [-0.4, -0.2) is 55.1 Å². The summed E-state index contributed by atoms with van der Waals surface area (Å²) >= 11 is 0. The van der Waals surface area contributed by atoms with Gasteiger partial charge in [0.25, 0.3) is 0 Å². The Balaban J connectivity index is 2.99. The number of hydrogen-bond donors (Lipinski definition) is 1. The Bertz CT molecular complexity index is 190. The molecule has 1 N–H and O–H groups in total. The smallest absolute Gasteiger partial charge is 0.0780 e. The summed E-state index contributed by atoms with van der Waals surface area (Å²) in [5.74, 6) is 0. The zero-order chi connectivity index (χ0) is 15.1.